The Bertz CT molecular complexity index is 1390. The average molecular weight is 494 g/mol. The van der Waals surface area contributed by atoms with Gasteiger partial charge in [0.15, 0.2) is 9.84 Å². The number of aromatic amines is 1. The maximum atomic E-state index is 11.6. The maximum Gasteiger partial charge on any atom is 0.293 e. The number of aromatic hydroxyl groups is 1. The average Bonchev–Trinajstić information content (AvgIpc) is 3.22. The molecule has 1 saturated heterocycles. The molecule has 2 aromatic carbocycles. The summed E-state index contributed by atoms with van der Waals surface area (Å²) in [6.45, 7) is 0.461. The Morgan fingerprint density at radius 1 is 1.09 bits per heavy atom. The van der Waals surface area contributed by atoms with Crippen molar-refractivity contribution in [2.75, 3.05) is 18.1 Å². The molecule has 0 bridgehead atoms. The number of nitrogens with one attached hydrogen (secondary N) is 2. The molecule has 1 unspecified atom stereocenters. The summed E-state index contributed by atoms with van der Waals surface area (Å²) in [6, 6.07) is 15.3. The zero-order valence-electron chi connectivity index (χ0n) is 19.1. The molecule has 0 radical (unpaired) electrons. The van der Waals surface area contributed by atoms with Crippen LogP contribution in [0.5, 0.6) is 5.75 Å². The van der Waals surface area contributed by atoms with Crippen molar-refractivity contribution in [1.29, 1.82) is 0 Å². The van der Waals surface area contributed by atoms with E-state index in [1.54, 1.807) is 0 Å². The molecule has 4 rings (SSSR count). The highest BCUT2D eigenvalue weighted by Crippen LogP contribution is 2.22. The van der Waals surface area contributed by atoms with Gasteiger partial charge in [-0.2, -0.15) is 0 Å². The zero-order chi connectivity index (χ0) is 24.8. The van der Waals surface area contributed by atoms with Crippen LogP contribution < -0.4 is 10.9 Å². The second-order valence-electron chi connectivity index (χ2n) is 8.66. The lowest BCUT2D eigenvalue weighted by Crippen LogP contribution is -2.29. The van der Waals surface area contributed by atoms with Crippen molar-refractivity contribution < 1.29 is 18.6 Å². The summed E-state index contributed by atoms with van der Waals surface area (Å²) in [6.07, 6.45) is 2.13. The SMILES string of the molecule is O=c1[nH]cnc(CC(CO)c2ccc(C#Cc3ccc(CN[C@H]4CCS(=O)(=O)C4)cc3)cc2)c1O. The Balaban J connectivity index is 1.35. The number of hydrogen-bond donors (Lipinski definition) is 4. The summed E-state index contributed by atoms with van der Waals surface area (Å²) in [5.41, 5.74) is 3.24. The van der Waals surface area contributed by atoms with Crippen LogP contribution in [-0.2, 0) is 22.8 Å². The number of H-pyrrole nitrogens is 1. The molecule has 0 spiro atoms. The maximum absolute atomic E-state index is 11.6. The zero-order valence-corrected chi connectivity index (χ0v) is 19.9. The fourth-order valence-electron chi connectivity index (χ4n) is 4.01. The summed E-state index contributed by atoms with van der Waals surface area (Å²) in [5.74, 6) is 5.98. The first-order valence-corrected chi connectivity index (χ1v) is 13.2. The number of nitrogens with zero attached hydrogens (tertiary/aromatic N) is 1. The van der Waals surface area contributed by atoms with Crippen LogP contribution in [-0.4, -0.2) is 52.8 Å². The largest absolute Gasteiger partial charge is 0.502 e. The predicted octanol–water partition coefficient (Wildman–Crippen LogP) is 1.47. The van der Waals surface area contributed by atoms with Gasteiger partial charge in [-0.25, -0.2) is 13.4 Å². The summed E-state index contributed by atoms with van der Waals surface area (Å²) in [4.78, 5) is 17.9. The molecule has 8 nitrogen and oxygen atoms in total. The van der Waals surface area contributed by atoms with Crippen LogP contribution in [0, 0.1) is 11.8 Å². The molecular weight excluding hydrogens is 466 g/mol. The van der Waals surface area contributed by atoms with Gasteiger partial charge in [-0.15, -0.1) is 0 Å². The predicted molar refractivity (Wildman–Crippen MR) is 133 cm³/mol. The number of benzene rings is 2. The van der Waals surface area contributed by atoms with Crippen molar-refractivity contribution in [1.82, 2.24) is 15.3 Å². The van der Waals surface area contributed by atoms with E-state index in [-0.39, 0.29) is 42.2 Å². The van der Waals surface area contributed by atoms with Crippen LogP contribution in [0.15, 0.2) is 59.7 Å². The summed E-state index contributed by atoms with van der Waals surface area (Å²) >= 11 is 0. The normalized spacial score (nSPS) is 17.5. The molecule has 2 heterocycles. The van der Waals surface area contributed by atoms with E-state index in [0.717, 1.165) is 22.3 Å². The van der Waals surface area contributed by atoms with Crippen LogP contribution in [0.25, 0.3) is 0 Å². The van der Waals surface area contributed by atoms with E-state index in [1.165, 1.54) is 6.33 Å². The lowest BCUT2D eigenvalue weighted by atomic mass is 9.94. The van der Waals surface area contributed by atoms with E-state index in [1.807, 2.05) is 48.5 Å². The molecule has 2 atom stereocenters. The van der Waals surface area contributed by atoms with Crippen LogP contribution in [0.2, 0.25) is 0 Å². The Labute approximate surface area is 204 Å². The first-order chi connectivity index (χ1) is 16.8. The van der Waals surface area contributed by atoms with E-state index in [9.17, 15) is 23.4 Å². The van der Waals surface area contributed by atoms with Crippen LogP contribution in [0.1, 0.15) is 40.3 Å². The molecule has 1 aromatic heterocycles. The van der Waals surface area contributed by atoms with Crippen LogP contribution in [0.3, 0.4) is 0 Å². The molecule has 0 saturated carbocycles. The highest BCUT2D eigenvalue weighted by Gasteiger charge is 2.27. The Morgan fingerprint density at radius 3 is 2.34 bits per heavy atom. The van der Waals surface area contributed by atoms with E-state index in [2.05, 4.69) is 27.1 Å². The number of rotatable bonds is 7. The van der Waals surface area contributed by atoms with Gasteiger partial charge in [-0.3, -0.25) is 4.79 Å². The molecule has 182 valence electrons. The van der Waals surface area contributed by atoms with Gasteiger partial charge in [0, 0.05) is 36.1 Å². The van der Waals surface area contributed by atoms with Gasteiger partial charge in [0.2, 0.25) is 5.75 Å². The molecular formula is C26H27N3O5S. The Morgan fingerprint density at radius 2 is 1.74 bits per heavy atom. The van der Waals surface area contributed by atoms with Crippen molar-refractivity contribution in [3.63, 3.8) is 0 Å². The second kappa shape index (κ2) is 10.9. The minimum Gasteiger partial charge on any atom is -0.502 e. The molecule has 35 heavy (non-hydrogen) atoms. The molecule has 1 aliphatic heterocycles. The van der Waals surface area contributed by atoms with E-state index in [0.29, 0.717) is 13.0 Å². The van der Waals surface area contributed by atoms with Crippen molar-refractivity contribution >= 4 is 9.84 Å². The molecule has 9 heteroatoms. The molecule has 1 fully saturated rings. The molecule has 0 amide bonds. The fourth-order valence-corrected chi connectivity index (χ4v) is 5.71. The number of hydrogen-bond acceptors (Lipinski definition) is 7. The van der Waals surface area contributed by atoms with Gasteiger partial charge in [-0.05, 0) is 41.8 Å². The third-order valence-corrected chi connectivity index (χ3v) is 7.85. The van der Waals surface area contributed by atoms with Gasteiger partial charge in [0.25, 0.3) is 5.56 Å². The first kappa shape index (κ1) is 24.7. The van der Waals surface area contributed by atoms with Gasteiger partial charge in [0.1, 0.15) is 0 Å². The van der Waals surface area contributed by atoms with Gasteiger partial charge < -0.3 is 20.5 Å². The highest BCUT2D eigenvalue weighted by molar-refractivity contribution is 7.91. The second-order valence-corrected chi connectivity index (χ2v) is 10.9. The summed E-state index contributed by atoms with van der Waals surface area (Å²) < 4.78 is 23.1. The third kappa shape index (κ3) is 6.57. The van der Waals surface area contributed by atoms with Gasteiger partial charge in [0.05, 0.1) is 30.1 Å². The van der Waals surface area contributed by atoms with Crippen molar-refractivity contribution in [2.45, 2.75) is 31.3 Å². The molecule has 0 aliphatic carbocycles. The Hall–Kier alpha value is -3.45. The lowest BCUT2D eigenvalue weighted by molar-refractivity contribution is 0.263. The number of aliphatic hydroxyl groups excluding tert-OH is 1. The lowest BCUT2D eigenvalue weighted by Gasteiger charge is -2.14. The standard InChI is InChI=1S/C26H27N3O5S/c30-15-22(13-24-25(31)26(32)29-17-28-24)21-9-7-19(8-10-21)2-1-18-3-5-20(6-4-18)14-27-23-11-12-35(33,34)16-23/h3-10,17,22-23,27,30-31H,11-16H2,(H,28,29,32)/t22?,23-/m0/s1. The smallest absolute Gasteiger partial charge is 0.293 e. The quantitative estimate of drug-likeness (QED) is 0.367. The van der Waals surface area contributed by atoms with E-state index in [4.69, 9.17) is 0 Å². The number of aromatic nitrogens is 2. The minimum atomic E-state index is -2.89. The summed E-state index contributed by atoms with van der Waals surface area (Å²) in [7, 11) is -2.89. The van der Waals surface area contributed by atoms with Crippen LogP contribution in [0.4, 0.5) is 0 Å². The minimum absolute atomic E-state index is 0.0187. The van der Waals surface area contributed by atoms with E-state index >= 15 is 0 Å². The van der Waals surface area contributed by atoms with Gasteiger partial charge in [-0.1, -0.05) is 36.1 Å². The van der Waals surface area contributed by atoms with E-state index < -0.39 is 21.1 Å². The Kier molecular flexibility index (Phi) is 7.66. The number of sulfone groups is 1. The molecule has 3 aromatic rings. The van der Waals surface area contributed by atoms with Crippen molar-refractivity contribution in [2.24, 2.45) is 0 Å². The first-order valence-electron chi connectivity index (χ1n) is 11.3. The topological polar surface area (TPSA) is 132 Å². The van der Waals surface area contributed by atoms with Gasteiger partial charge >= 0.3 is 0 Å². The molecule has 4 N–H and O–H groups in total. The van der Waals surface area contributed by atoms with Crippen molar-refractivity contribution in [3.05, 3.63) is 93.2 Å². The number of aliphatic hydroxyl groups is 1. The molecule has 1 aliphatic rings. The third-order valence-electron chi connectivity index (χ3n) is 6.08. The fraction of sp³-hybridized carbons (Fsp3) is 0.308. The summed E-state index contributed by atoms with van der Waals surface area (Å²) in [5, 5.41) is 23.0. The monoisotopic (exact) mass is 493 g/mol. The van der Waals surface area contributed by atoms with Crippen molar-refractivity contribution in [3.8, 4) is 17.6 Å². The highest BCUT2D eigenvalue weighted by atomic mass is 32.2. The van der Waals surface area contributed by atoms with Crippen LogP contribution >= 0.6 is 0 Å².